The molecule has 1 aliphatic rings. The summed E-state index contributed by atoms with van der Waals surface area (Å²) in [6, 6.07) is 18.4. The quantitative estimate of drug-likeness (QED) is 0.338. The molecule has 4 heteroatoms. The lowest BCUT2D eigenvalue weighted by atomic mass is 9.77. The fourth-order valence-corrected chi connectivity index (χ4v) is 3.66. The zero-order valence-electron chi connectivity index (χ0n) is 14.7. The van der Waals surface area contributed by atoms with Gasteiger partial charge in [0, 0.05) is 12.1 Å². The van der Waals surface area contributed by atoms with Crippen molar-refractivity contribution in [2.24, 2.45) is 11.1 Å². The Morgan fingerprint density at radius 1 is 1.04 bits per heavy atom. The van der Waals surface area contributed by atoms with E-state index in [1.165, 1.54) is 31.2 Å². The monoisotopic (exact) mass is 338 g/mol. The molecule has 0 bridgehead atoms. The van der Waals surface area contributed by atoms with E-state index in [9.17, 15) is 5.21 Å². The molecule has 25 heavy (non-hydrogen) atoms. The van der Waals surface area contributed by atoms with Gasteiger partial charge in [-0.3, -0.25) is 0 Å². The van der Waals surface area contributed by atoms with Gasteiger partial charge < -0.3 is 15.3 Å². The summed E-state index contributed by atoms with van der Waals surface area (Å²) in [5, 5.41) is 16.0. The average molecular weight is 338 g/mol. The minimum atomic E-state index is 0.566. The number of ether oxygens (including phenoxy) is 1. The Morgan fingerprint density at radius 2 is 1.72 bits per heavy atom. The Kier molecular flexibility index (Phi) is 5.94. The molecule has 4 nitrogen and oxygen atoms in total. The molecule has 2 N–H and O–H groups in total. The molecule has 0 aliphatic heterocycles. The summed E-state index contributed by atoms with van der Waals surface area (Å²) in [5.74, 6) is 2.68. The van der Waals surface area contributed by atoms with E-state index in [1.54, 1.807) is 7.11 Å². The van der Waals surface area contributed by atoms with Crippen LogP contribution in [0.2, 0.25) is 0 Å². The molecule has 0 saturated heterocycles. The van der Waals surface area contributed by atoms with E-state index >= 15 is 0 Å². The van der Waals surface area contributed by atoms with Crippen molar-refractivity contribution in [1.29, 1.82) is 0 Å². The third kappa shape index (κ3) is 4.75. The van der Waals surface area contributed by atoms with Crippen LogP contribution >= 0.6 is 0 Å². The number of nitrogens with one attached hydrogen (secondary N) is 1. The number of anilines is 1. The van der Waals surface area contributed by atoms with Gasteiger partial charge in [0.05, 0.1) is 7.11 Å². The summed E-state index contributed by atoms with van der Waals surface area (Å²) < 4.78 is 5.16. The van der Waals surface area contributed by atoms with Gasteiger partial charge in [-0.2, -0.15) is 0 Å². The highest BCUT2D eigenvalue weighted by molar-refractivity contribution is 5.95. The first kappa shape index (κ1) is 17.3. The standard InChI is InChI=1S/C21H26N2O2/c1-25-20-13-11-19(12-14-20)22-21(23-24)15-16-7-9-18(10-8-16)17-5-3-2-4-6-17/h2-6,11-14,16,18,24H,7-10,15H2,1H3,(H,22,23). The lowest BCUT2D eigenvalue weighted by Crippen LogP contribution is -2.21. The molecule has 0 radical (unpaired) electrons. The number of amidine groups is 1. The highest BCUT2D eigenvalue weighted by Crippen LogP contribution is 2.37. The smallest absolute Gasteiger partial charge is 0.146 e. The zero-order chi connectivity index (χ0) is 17.5. The Hall–Kier alpha value is -2.49. The van der Waals surface area contributed by atoms with Gasteiger partial charge >= 0.3 is 0 Å². The summed E-state index contributed by atoms with van der Waals surface area (Å²) in [4.78, 5) is 0. The molecule has 1 fully saturated rings. The molecule has 0 amide bonds. The maximum absolute atomic E-state index is 9.35. The second kappa shape index (κ2) is 8.56. The predicted octanol–water partition coefficient (Wildman–Crippen LogP) is 5.26. The van der Waals surface area contributed by atoms with E-state index in [2.05, 4.69) is 40.8 Å². The van der Waals surface area contributed by atoms with E-state index in [0.29, 0.717) is 17.7 Å². The number of nitrogens with zero attached hydrogens (tertiary/aromatic N) is 1. The van der Waals surface area contributed by atoms with Gasteiger partial charge in [-0.05, 0) is 67.3 Å². The molecule has 132 valence electrons. The van der Waals surface area contributed by atoms with Gasteiger partial charge in [0.15, 0.2) is 0 Å². The van der Waals surface area contributed by atoms with Crippen LogP contribution < -0.4 is 10.1 Å². The normalized spacial score (nSPS) is 20.9. The van der Waals surface area contributed by atoms with Crippen LogP contribution in [0.25, 0.3) is 0 Å². The van der Waals surface area contributed by atoms with Crippen molar-refractivity contribution in [1.82, 2.24) is 0 Å². The minimum absolute atomic E-state index is 0.566. The van der Waals surface area contributed by atoms with Crippen LogP contribution in [0.1, 0.15) is 43.6 Å². The predicted molar refractivity (Wildman–Crippen MR) is 102 cm³/mol. The van der Waals surface area contributed by atoms with Crippen LogP contribution in [0, 0.1) is 5.92 Å². The van der Waals surface area contributed by atoms with Gasteiger partial charge in [-0.15, -0.1) is 0 Å². The van der Waals surface area contributed by atoms with Gasteiger partial charge in [0.2, 0.25) is 0 Å². The largest absolute Gasteiger partial charge is 0.497 e. The molecule has 1 saturated carbocycles. The second-order valence-electron chi connectivity index (χ2n) is 6.73. The molecule has 0 spiro atoms. The first-order valence-corrected chi connectivity index (χ1v) is 8.95. The summed E-state index contributed by atoms with van der Waals surface area (Å²) in [6.07, 6.45) is 5.53. The summed E-state index contributed by atoms with van der Waals surface area (Å²) in [6.45, 7) is 0. The Bertz CT molecular complexity index is 675. The van der Waals surface area contributed by atoms with Crippen molar-refractivity contribution < 1.29 is 9.94 Å². The van der Waals surface area contributed by atoms with Crippen LogP contribution in [0.15, 0.2) is 59.8 Å². The zero-order valence-corrected chi connectivity index (χ0v) is 14.7. The van der Waals surface area contributed by atoms with Crippen molar-refractivity contribution >= 4 is 11.5 Å². The third-order valence-corrected chi connectivity index (χ3v) is 5.10. The molecular weight excluding hydrogens is 312 g/mol. The van der Waals surface area contributed by atoms with E-state index in [1.807, 2.05) is 24.3 Å². The van der Waals surface area contributed by atoms with Gasteiger partial charge in [0.25, 0.3) is 0 Å². The van der Waals surface area contributed by atoms with Crippen molar-refractivity contribution in [3.05, 3.63) is 60.2 Å². The number of benzene rings is 2. The molecule has 0 heterocycles. The molecule has 2 aromatic carbocycles. The van der Waals surface area contributed by atoms with Crippen LogP contribution in [0.5, 0.6) is 5.75 Å². The van der Waals surface area contributed by atoms with Crippen LogP contribution in [-0.4, -0.2) is 18.2 Å². The Labute approximate surface area is 149 Å². The molecule has 1 aliphatic carbocycles. The first-order valence-electron chi connectivity index (χ1n) is 8.95. The van der Waals surface area contributed by atoms with Crippen molar-refractivity contribution in [3.63, 3.8) is 0 Å². The van der Waals surface area contributed by atoms with E-state index in [0.717, 1.165) is 17.9 Å². The number of hydrogen-bond acceptors (Lipinski definition) is 3. The summed E-state index contributed by atoms with van der Waals surface area (Å²) in [7, 11) is 1.65. The van der Waals surface area contributed by atoms with Crippen LogP contribution in [-0.2, 0) is 0 Å². The molecular formula is C21H26N2O2. The van der Waals surface area contributed by atoms with E-state index in [4.69, 9.17) is 4.74 Å². The topological polar surface area (TPSA) is 53.8 Å². The number of rotatable bonds is 5. The molecule has 0 aromatic heterocycles. The van der Waals surface area contributed by atoms with Crippen LogP contribution in [0.4, 0.5) is 5.69 Å². The number of oxime groups is 1. The molecule has 0 atom stereocenters. The SMILES string of the molecule is COc1ccc(N/C(CC2CCC(c3ccccc3)CC2)=N\O)cc1. The summed E-state index contributed by atoms with van der Waals surface area (Å²) in [5.41, 5.74) is 2.36. The van der Waals surface area contributed by atoms with E-state index in [-0.39, 0.29) is 0 Å². The lowest BCUT2D eigenvalue weighted by molar-refractivity contribution is 0.306. The highest BCUT2D eigenvalue weighted by atomic mass is 16.5. The highest BCUT2D eigenvalue weighted by Gasteiger charge is 2.23. The fraction of sp³-hybridized carbons (Fsp3) is 0.381. The van der Waals surface area contributed by atoms with Crippen molar-refractivity contribution in [2.45, 2.75) is 38.0 Å². The van der Waals surface area contributed by atoms with Crippen molar-refractivity contribution in [2.75, 3.05) is 12.4 Å². The number of hydrogen-bond donors (Lipinski definition) is 2. The van der Waals surface area contributed by atoms with Gasteiger partial charge in [-0.1, -0.05) is 35.5 Å². The number of methoxy groups -OCH3 is 1. The molecule has 2 aromatic rings. The lowest BCUT2D eigenvalue weighted by Gasteiger charge is -2.29. The minimum Gasteiger partial charge on any atom is -0.497 e. The van der Waals surface area contributed by atoms with Crippen LogP contribution in [0.3, 0.4) is 0 Å². The second-order valence-corrected chi connectivity index (χ2v) is 6.73. The summed E-state index contributed by atoms with van der Waals surface area (Å²) >= 11 is 0. The Morgan fingerprint density at radius 3 is 2.32 bits per heavy atom. The maximum Gasteiger partial charge on any atom is 0.146 e. The third-order valence-electron chi connectivity index (χ3n) is 5.10. The van der Waals surface area contributed by atoms with E-state index < -0.39 is 0 Å². The molecule has 0 unspecified atom stereocenters. The molecule has 3 rings (SSSR count). The first-order chi connectivity index (χ1) is 12.3. The van der Waals surface area contributed by atoms with Gasteiger partial charge in [-0.25, -0.2) is 0 Å². The van der Waals surface area contributed by atoms with Gasteiger partial charge in [0.1, 0.15) is 11.6 Å². The average Bonchev–Trinajstić information content (AvgIpc) is 2.69. The van der Waals surface area contributed by atoms with Crippen molar-refractivity contribution in [3.8, 4) is 5.75 Å². The Balaban J connectivity index is 1.51. The maximum atomic E-state index is 9.35. The fourth-order valence-electron chi connectivity index (χ4n) is 3.66.